The quantitative estimate of drug-likeness (QED) is 0.106. The van der Waals surface area contributed by atoms with Gasteiger partial charge in [-0.3, -0.25) is 0 Å². The Balaban J connectivity index is 0. The van der Waals surface area contributed by atoms with Crippen LogP contribution in [0.25, 0.3) is 0 Å². The van der Waals surface area contributed by atoms with Crippen LogP contribution < -0.4 is 0 Å². The van der Waals surface area contributed by atoms with Crippen molar-refractivity contribution in [3.63, 3.8) is 0 Å². The van der Waals surface area contributed by atoms with E-state index >= 15 is 0 Å². The van der Waals surface area contributed by atoms with E-state index < -0.39 is 10.4 Å². The Labute approximate surface area is 219 Å². The summed E-state index contributed by atoms with van der Waals surface area (Å²) >= 11 is 0. The molecule has 4 nitrogen and oxygen atoms in total. The summed E-state index contributed by atoms with van der Waals surface area (Å²) in [5, 5.41) is 0. The van der Waals surface area contributed by atoms with Gasteiger partial charge in [0.15, 0.2) is 0 Å². The van der Waals surface area contributed by atoms with Gasteiger partial charge in [0, 0.05) is 37.7 Å². The summed E-state index contributed by atoms with van der Waals surface area (Å²) < 4.78 is 33.3. The Morgan fingerprint density at radius 3 is 0.933 bits per heavy atom. The molecule has 0 heterocycles. The normalized spacial score (nSPS) is 11.5. The van der Waals surface area contributed by atoms with E-state index in [1.165, 1.54) is 89.9 Å². The van der Waals surface area contributed by atoms with Crippen molar-refractivity contribution in [2.24, 2.45) is 0 Å². The minimum Gasteiger partial charge on any atom is -0.248 e. The van der Waals surface area contributed by atoms with Crippen molar-refractivity contribution in [3.8, 4) is 0 Å². The van der Waals surface area contributed by atoms with Crippen molar-refractivity contribution in [1.29, 1.82) is 0 Å². The Bertz CT molecular complexity index is 383. The van der Waals surface area contributed by atoms with Crippen LogP contribution in [0.2, 0.25) is 0 Å². The maximum Gasteiger partial charge on any atom is 0.399 e. The summed E-state index contributed by atoms with van der Waals surface area (Å²) in [7, 11) is -3.80. The second-order valence-corrected chi connectivity index (χ2v) is 9.70. The molecule has 6 heteroatoms. The molecule has 0 aliphatic carbocycles. The van der Waals surface area contributed by atoms with E-state index in [1.54, 1.807) is 0 Å². The molecule has 0 fully saturated rings. The van der Waals surface area contributed by atoms with Gasteiger partial charge in [-0.1, -0.05) is 129 Å². The molecule has 0 aromatic carbocycles. The van der Waals surface area contributed by atoms with Gasteiger partial charge in [0.1, 0.15) is 0 Å². The molecule has 0 amide bonds. The van der Waals surface area contributed by atoms with Crippen molar-refractivity contribution >= 4 is 48.1 Å². The summed E-state index contributed by atoms with van der Waals surface area (Å²) in [6.07, 6.45) is 24.4. The van der Waals surface area contributed by atoms with Crippen molar-refractivity contribution in [2.75, 3.05) is 13.2 Å². The number of rotatable bonds is 24. The smallest absolute Gasteiger partial charge is 0.248 e. The van der Waals surface area contributed by atoms with Gasteiger partial charge in [-0.25, -0.2) is 8.37 Å². The first kappa shape index (κ1) is 33.3. The molecule has 0 aliphatic heterocycles. The fraction of sp³-hybridized carbons (Fsp3) is 1.00. The Morgan fingerprint density at radius 2 is 0.667 bits per heavy atom. The first-order valence-electron chi connectivity index (χ1n) is 12.7. The van der Waals surface area contributed by atoms with E-state index in [2.05, 4.69) is 13.8 Å². The fourth-order valence-electron chi connectivity index (χ4n) is 3.53. The third-order valence-electron chi connectivity index (χ3n) is 5.45. The van der Waals surface area contributed by atoms with E-state index in [0.29, 0.717) is 0 Å². The van der Waals surface area contributed by atoms with Crippen LogP contribution in [0.4, 0.5) is 0 Å². The first-order chi connectivity index (χ1) is 14.1. The predicted molar refractivity (Wildman–Crippen MR) is 130 cm³/mol. The van der Waals surface area contributed by atoms with E-state index in [9.17, 15) is 8.42 Å². The monoisotopic (exact) mass is 474 g/mol. The average molecular weight is 475 g/mol. The van der Waals surface area contributed by atoms with Gasteiger partial charge in [0.2, 0.25) is 0 Å². The van der Waals surface area contributed by atoms with Crippen molar-refractivity contribution in [3.05, 3.63) is 0 Å². The molecular formula is C24H50CaO4S. The van der Waals surface area contributed by atoms with Gasteiger partial charge in [-0.2, -0.15) is 8.42 Å². The average Bonchev–Trinajstić information content (AvgIpc) is 2.70. The zero-order valence-electron chi connectivity index (χ0n) is 20.3. The molecule has 0 spiro atoms. The van der Waals surface area contributed by atoms with Gasteiger partial charge in [-0.15, -0.1) is 0 Å². The number of hydrogen-bond donors (Lipinski definition) is 0. The predicted octanol–water partition coefficient (Wildman–Crippen LogP) is 7.73. The molecule has 0 aromatic rings. The number of hydrogen-bond acceptors (Lipinski definition) is 4. The van der Waals surface area contributed by atoms with Crippen LogP contribution in [-0.4, -0.2) is 59.4 Å². The van der Waals surface area contributed by atoms with Crippen molar-refractivity contribution in [1.82, 2.24) is 0 Å². The molecule has 30 heavy (non-hydrogen) atoms. The van der Waals surface area contributed by atoms with Crippen molar-refractivity contribution in [2.45, 2.75) is 142 Å². The van der Waals surface area contributed by atoms with Crippen LogP contribution in [-0.2, 0) is 18.8 Å². The molecule has 0 aliphatic rings. The van der Waals surface area contributed by atoms with Crippen LogP contribution >= 0.6 is 0 Å². The van der Waals surface area contributed by atoms with Gasteiger partial charge >= 0.3 is 10.4 Å². The van der Waals surface area contributed by atoms with Crippen LogP contribution in [0, 0.1) is 0 Å². The first-order valence-corrected chi connectivity index (χ1v) is 14.0. The molecule has 0 rings (SSSR count). The van der Waals surface area contributed by atoms with E-state index in [4.69, 9.17) is 8.37 Å². The van der Waals surface area contributed by atoms with Crippen LogP contribution in [0.15, 0.2) is 0 Å². The molecule has 0 saturated heterocycles. The Hall–Kier alpha value is 1.13. The third kappa shape index (κ3) is 27.2. The Kier molecular flexibility index (Phi) is 29.3. The minimum atomic E-state index is -3.80. The van der Waals surface area contributed by atoms with Gasteiger partial charge < -0.3 is 0 Å². The molecule has 178 valence electrons. The van der Waals surface area contributed by atoms with E-state index in [0.717, 1.165) is 38.5 Å². The molecular weight excluding hydrogens is 424 g/mol. The summed E-state index contributed by atoms with van der Waals surface area (Å²) in [4.78, 5) is 0. The SMILES string of the molecule is CCCCCCCCCCCCOS(=O)(=O)OCCCCCCCCCCCC.[Ca]. The molecule has 0 bridgehead atoms. The summed E-state index contributed by atoms with van der Waals surface area (Å²) in [6, 6.07) is 0. The van der Waals surface area contributed by atoms with Gasteiger partial charge in [-0.05, 0) is 12.8 Å². The van der Waals surface area contributed by atoms with Crippen LogP contribution in [0.3, 0.4) is 0 Å². The maximum atomic E-state index is 11.7. The maximum absolute atomic E-state index is 11.7. The number of unbranched alkanes of at least 4 members (excludes halogenated alkanes) is 18. The molecule has 0 aromatic heterocycles. The van der Waals surface area contributed by atoms with E-state index in [-0.39, 0.29) is 51.0 Å². The van der Waals surface area contributed by atoms with Gasteiger partial charge in [0.25, 0.3) is 0 Å². The largest absolute Gasteiger partial charge is 0.399 e. The minimum absolute atomic E-state index is 0. The fourth-order valence-corrected chi connectivity index (χ4v) is 4.25. The second-order valence-electron chi connectivity index (χ2n) is 8.42. The third-order valence-corrected chi connectivity index (χ3v) is 6.36. The molecule has 2 radical (unpaired) electrons. The van der Waals surface area contributed by atoms with Gasteiger partial charge in [0.05, 0.1) is 13.2 Å². The zero-order chi connectivity index (χ0) is 21.5. The molecule has 0 N–H and O–H groups in total. The topological polar surface area (TPSA) is 52.6 Å². The van der Waals surface area contributed by atoms with E-state index in [1.807, 2.05) is 0 Å². The second kappa shape index (κ2) is 26.4. The molecule has 0 unspecified atom stereocenters. The van der Waals surface area contributed by atoms with Crippen LogP contribution in [0.5, 0.6) is 0 Å². The molecule has 0 saturated carbocycles. The standard InChI is InChI=1S/C24H50O4S.Ca/c1-3-5-7-9-11-13-15-17-19-21-23-27-29(25,26)28-24-22-20-18-16-14-12-10-8-6-4-2;/h3-24H2,1-2H3;. The van der Waals surface area contributed by atoms with Crippen LogP contribution in [0.1, 0.15) is 142 Å². The summed E-state index contributed by atoms with van der Waals surface area (Å²) in [5.41, 5.74) is 0. The summed E-state index contributed by atoms with van der Waals surface area (Å²) in [6.45, 7) is 4.98. The Morgan fingerprint density at radius 1 is 0.433 bits per heavy atom. The van der Waals surface area contributed by atoms with Crippen molar-refractivity contribution < 1.29 is 16.8 Å². The zero-order valence-corrected chi connectivity index (χ0v) is 23.3. The summed E-state index contributed by atoms with van der Waals surface area (Å²) in [5.74, 6) is 0. The molecule has 0 atom stereocenters.